The molecule has 0 aromatic heterocycles. The van der Waals surface area contributed by atoms with E-state index in [0.29, 0.717) is 0 Å². The van der Waals surface area contributed by atoms with Gasteiger partial charge < -0.3 is 0 Å². The lowest BCUT2D eigenvalue weighted by molar-refractivity contribution is 0.794. The van der Waals surface area contributed by atoms with E-state index in [-0.39, 0.29) is 5.41 Å². The van der Waals surface area contributed by atoms with Gasteiger partial charge in [0.2, 0.25) is 0 Å². The van der Waals surface area contributed by atoms with E-state index in [4.69, 9.17) is 11.6 Å². The molecule has 0 amide bonds. The molecule has 0 aliphatic heterocycles. The molecule has 5 aromatic rings. The van der Waals surface area contributed by atoms with Gasteiger partial charge in [0.25, 0.3) is 0 Å². The molecular formula is C29H17Cl. The van der Waals surface area contributed by atoms with Crippen LogP contribution < -0.4 is 0 Å². The summed E-state index contributed by atoms with van der Waals surface area (Å²) in [5.41, 5.74) is 10.1. The van der Waals surface area contributed by atoms with Crippen LogP contribution >= 0.6 is 11.6 Å². The van der Waals surface area contributed by atoms with Crippen molar-refractivity contribution in [2.45, 2.75) is 5.41 Å². The highest BCUT2D eigenvalue weighted by molar-refractivity contribution is 6.34. The second-order valence-electron chi connectivity index (χ2n) is 8.21. The molecule has 0 nitrogen and oxygen atoms in total. The second kappa shape index (κ2) is 5.62. The molecule has 140 valence electrons. The Labute approximate surface area is 180 Å². The third-order valence-electron chi connectivity index (χ3n) is 6.95. The Balaban J connectivity index is 1.77. The minimum Gasteiger partial charge on any atom is -0.0837 e. The SMILES string of the molecule is Clc1cccc2c1-c1c(ccc3ccccc13)C21c2ccccc2-c2ccccc21. The Morgan fingerprint density at radius 3 is 1.83 bits per heavy atom. The van der Waals surface area contributed by atoms with E-state index in [9.17, 15) is 0 Å². The molecule has 1 spiro atoms. The van der Waals surface area contributed by atoms with E-state index in [0.717, 1.165) is 5.02 Å². The fraction of sp³-hybridized carbons (Fsp3) is 0.0345. The number of halogens is 1. The zero-order valence-corrected chi connectivity index (χ0v) is 16.9. The van der Waals surface area contributed by atoms with Gasteiger partial charge in [-0.25, -0.2) is 0 Å². The highest BCUT2D eigenvalue weighted by Gasteiger charge is 2.52. The number of benzene rings is 5. The third-order valence-corrected chi connectivity index (χ3v) is 7.27. The van der Waals surface area contributed by atoms with Crippen molar-refractivity contribution in [1.82, 2.24) is 0 Å². The first-order valence-electron chi connectivity index (χ1n) is 10.3. The summed E-state index contributed by atoms with van der Waals surface area (Å²) in [6, 6.07) is 37.3. The smallest absolute Gasteiger partial charge is 0.0726 e. The quantitative estimate of drug-likeness (QED) is 0.243. The monoisotopic (exact) mass is 400 g/mol. The molecule has 0 unspecified atom stereocenters. The Morgan fingerprint density at radius 2 is 1.07 bits per heavy atom. The average molecular weight is 401 g/mol. The fourth-order valence-electron chi connectivity index (χ4n) is 5.90. The molecule has 0 bridgehead atoms. The zero-order valence-electron chi connectivity index (χ0n) is 16.2. The van der Waals surface area contributed by atoms with Crippen LogP contribution in [-0.4, -0.2) is 0 Å². The highest BCUT2D eigenvalue weighted by Crippen LogP contribution is 2.64. The predicted octanol–water partition coefficient (Wildman–Crippen LogP) is 7.84. The van der Waals surface area contributed by atoms with Gasteiger partial charge in [-0.15, -0.1) is 0 Å². The summed E-state index contributed by atoms with van der Waals surface area (Å²) in [6.07, 6.45) is 0. The summed E-state index contributed by atoms with van der Waals surface area (Å²) < 4.78 is 0. The summed E-state index contributed by atoms with van der Waals surface area (Å²) in [5, 5.41) is 3.34. The summed E-state index contributed by atoms with van der Waals surface area (Å²) in [4.78, 5) is 0. The largest absolute Gasteiger partial charge is 0.0837 e. The molecular weight excluding hydrogens is 384 g/mol. The molecule has 7 rings (SSSR count). The Morgan fingerprint density at radius 1 is 0.467 bits per heavy atom. The fourth-order valence-corrected chi connectivity index (χ4v) is 6.17. The van der Waals surface area contributed by atoms with Gasteiger partial charge in [0, 0.05) is 10.6 Å². The van der Waals surface area contributed by atoms with E-state index >= 15 is 0 Å². The van der Waals surface area contributed by atoms with E-state index in [2.05, 4.69) is 97.1 Å². The molecule has 0 saturated heterocycles. The first kappa shape index (κ1) is 16.4. The molecule has 30 heavy (non-hydrogen) atoms. The maximum absolute atomic E-state index is 6.91. The van der Waals surface area contributed by atoms with E-state index in [1.54, 1.807) is 0 Å². The third kappa shape index (κ3) is 1.75. The molecule has 0 atom stereocenters. The van der Waals surface area contributed by atoms with Crippen LogP contribution in [0.15, 0.2) is 103 Å². The van der Waals surface area contributed by atoms with Gasteiger partial charge in [0.15, 0.2) is 0 Å². The van der Waals surface area contributed by atoms with Crippen molar-refractivity contribution in [2.24, 2.45) is 0 Å². The topological polar surface area (TPSA) is 0 Å². The lowest BCUT2D eigenvalue weighted by Crippen LogP contribution is -2.25. The van der Waals surface area contributed by atoms with E-state index in [1.807, 2.05) is 6.07 Å². The number of hydrogen-bond acceptors (Lipinski definition) is 0. The van der Waals surface area contributed by atoms with Gasteiger partial charge in [0.1, 0.15) is 0 Å². The maximum atomic E-state index is 6.91. The van der Waals surface area contributed by atoms with Gasteiger partial charge in [-0.05, 0) is 55.8 Å². The van der Waals surface area contributed by atoms with Crippen LogP contribution in [0.2, 0.25) is 5.02 Å². The standard InChI is InChI=1S/C29H17Cl/c30-26-15-7-14-24-28(26)27-19-9-2-1-8-18(19)16-17-25(27)29(24)22-12-5-3-10-20(22)21-11-4-6-13-23(21)29/h1-17H. The van der Waals surface area contributed by atoms with Gasteiger partial charge >= 0.3 is 0 Å². The molecule has 2 aliphatic carbocycles. The lowest BCUT2D eigenvalue weighted by atomic mass is 9.70. The average Bonchev–Trinajstić information content (AvgIpc) is 3.27. The molecule has 0 N–H and O–H groups in total. The molecule has 5 aromatic carbocycles. The molecule has 2 aliphatic rings. The normalized spacial score (nSPS) is 14.4. The van der Waals surface area contributed by atoms with Crippen LogP contribution in [0, 0.1) is 0 Å². The van der Waals surface area contributed by atoms with Gasteiger partial charge in [0.05, 0.1) is 5.41 Å². The highest BCUT2D eigenvalue weighted by atomic mass is 35.5. The zero-order chi connectivity index (χ0) is 19.9. The molecule has 0 heterocycles. The summed E-state index contributed by atoms with van der Waals surface area (Å²) in [7, 11) is 0. The van der Waals surface area contributed by atoms with Crippen LogP contribution in [-0.2, 0) is 5.41 Å². The van der Waals surface area contributed by atoms with Crippen molar-refractivity contribution in [2.75, 3.05) is 0 Å². The van der Waals surface area contributed by atoms with Gasteiger partial charge in [-0.1, -0.05) is 109 Å². The van der Waals surface area contributed by atoms with Crippen LogP contribution in [0.1, 0.15) is 22.3 Å². The van der Waals surface area contributed by atoms with Crippen molar-refractivity contribution in [3.63, 3.8) is 0 Å². The van der Waals surface area contributed by atoms with E-state index in [1.165, 1.54) is 55.3 Å². The summed E-state index contributed by atoms with van der Waals surface area (Å²) in [6.45, 7) is 0. The van der Waals surface area contributed by atoms with Crippen LogP contribution in [0.5, 0.6) is 0 Å². The Hall–Kier alpha value is -3.35. The van der Waals surface area contributed by atoms with Crippen molar-refractivity contribution in [3.05, 3.63) is 130 Å². The van der Waals surface area contributed by atoms with Gasteiger partial charge in [-0.3, -0.25) is 0 Å². The van der Waals surface area contributed by atoms with Crippen molar-refractivity contribution >= 4 is 22.4 Å². The number of hydrogen-bond donors (Lipinski definition) is 0. The van der Waals surface area contributed by atoms with Crippen molar-refractivity contribution in [3.8, 4) is 22.3 Å². The minimum atomic E-state index is -0.327. The lowest BCUT2D eigenvalue weighted by Gasteiger charge is -2.30. The second-order valence-corrected chi connectivity index (χ2v) is 8.62. The Kier molecular flexibility index (Phi) is 3.08. The van der Waals surface area contributed by atoms with Crippen molar-refractivity contribution < 1.29 is 0 Å². The Bertz CT molecular complexity index is 1460. The first-order valence-corrected chi connectivity index (χ1v) is 10.7. The van der Waals surface area contributed by atoms with Crippen LogP contribution in [0.3, 0.4) is 0 Å². The summed E-state index contributed by atoms with van der Waals surface area (Å²) >= 11 is 6.91. The molecule has 0 radical (unpaired) electrons. The number of rotatable bonds is 0. The maximum Gasteiger partial charge on any atom is 0.0726 e. The van der Waals surface area contributed by atoms with E-state index < -0.39 is 0 Å². The first-order chi connectivity index (χ1) is 14.8. The van der Waals surface area contributed by atoms with Crippen molar-refractivity contribution in [1.29, 1.82) is 0 Å². The van der Waals surface area contributed by atoms with Crippen LogP contribution in [0.25, 0.3) is 33.0 Å². The van der Waals surface area contributed by atoms with Crippen LogP contribution in [0.4, 0.5) is 0 Å². The number of fused-ring (bicyclic) bond motifs is 12. The minimum absolute atomic E-state index is 0.327. The molecule has 0 fully saturated rings. The van der Waals surface area contributed by atoms with Gasteiger partial charge in [-0.2, -0.15) is 0 Å². The molecule has 1 heteroatoms. The predicted molar refractivity (Wildman–Crippen MR) is 125 cm³/mol. The summed E-state index contributed by atoms with van der Waals surface area (Å²) in [5.74, 6) is 0. The molecule has 0 saturated carbocycles.